The number of halogens is 1. The summed E-state index contributed by atoms with van der Waals surface area (Å²) in [6.45, 7) is 5.66. The maximum Gasteiger partial charge on any atom is 0.173 e. The Morgan fingerprint density at radius 2 is 2.03 bits per heavy atom. The third-order valence-corrected chi connectivity index (χ3v) is 5.63. The minimum absolute atomic E-state index is 0.140. The number of fused-ring (bicyclic) bond motifs is 1. The van der Waals surface area contributed by atoms with Crippen molar-refractivity contribution in [1.29, 1.82) is 5.26 Å². The van der Waals surface area contributed by atoms with Crippen molar-refractivity contribution in [2.75, 3.05) is 49.2 Å². The summed E-state index contributed by atoms with van der Waals surface area (Å²) in [5.74, 6) is 1.99. The van der Waals surface area contributed by atoms with E-state index in [2.05, 4.69) is 53.2 Å². The van der Waals surface area contributed by atoms with Crippen molar-refractivity contribution in [3.05, 3.63) is 34.5 Å². The number of nitriles is 1. The van der Waals surface area contributed by atoms with Crippen LogP contribution in [0.5, 0.6) is 0 Å². The maximum atomic E-state index is 9.36. The minimum Gasteiger partial charge on any atom is -0.382 e. The smallest absolute Gasteiger partial charge is 0.173 e. The van der Waals surface area contributed by atoms with Crippen LogP contribution < -0.4 is 16.0 Å². The lowest BCUT2D eigenvalue weighted by atomic mass is 10.2. The molecular formula is C18H21BrN10. The first-order chi connectivity index (χ1) is 14.0. The maximum absolute atomic E-state index is 9.36. The number of hydrogen-bond donors (Lipinski definition) is 2. The molecule has 0 aromatic carbocycles. The number of hydrogen-bond acceptors (Lipinski definition) is 9. The molecule has 0 saturated carbocycles. The summed E-state index contributed by atoms with van der Waals surface area (Å²) in [7, 11) is 2.12. The molecule has 3 aromatic heterocycles. The van der Waals surface area contributed by atoms with Gasteiger partial charge in [-0.15, -0.1) is 0 Å². The first-order valence-corrected chi connectivity index (χ1v) is 10.0. The van der Waals surface area contributed by atoms with E-state index < -0.39 is 0 Å². The molecule has 29 heavy (non-hydrogen) atoms. The van der Waals surface area contributed by atoms with E-state index in [0.29, 0.717) is 11.6 Å². The zero-order valence-electron chi connectivity index (χ0n) is 16.2. The van der Waals surface area contributed by atoms with Gasteiger partial charge in [0.15, 0.2) is 11.6 Å². The lowest BCUT2D eigenvalue weighted by molar-refractivity contribution is 0.312. The molecule has 1 fully saturated rings. The van der Waals surface area contributed by atoms with E-state index >= 15 is 0 Å². The van der Waals surface area contributed by atoms with Gasteiger partial charge in [0, 0.05) is 36.8 Å². The Kier molecular flexibility index (Phi) is 5.21. The number of nitrogens with zero attached hydrogens (tertiary/aromatic N) is 8. The summed E-state index contributed by atoms with van der Waals surface area (Å²) in [5, 5.41) is 17.2. The summed E-state index contributed by atoms with van der Waals surface area (Å²) in [4.78, 5) is 17.5. The first-order valence-electron chi connectivity index (χ1n) is 9.23. The Bertz CT molecular complexity index is 1080. The second-order valence-electron chi connectivity index (χ2n) is 7.00. The van der Waals surface area contributed by atoms with Crippen LogP contribution in [-0.2, 0) is 0 Å². The number of aromatic nitrogens is 5. The molecule has 0 aliphatic carbocycles. The van der Waals surface area contributed by atoms with Gasteiger partial charge in [-0.05, 0) is 36.0 Å². The minimum atomic E-state index is -0.298. The van der Waals surface area contributed by atoms with Gasteiger partial charge in [0.2, 0.25) is 0 Å². The second kappa shape index (κ2) is 7.81. The Morgan fingerprint density at radius 1 is 1.28 bits per heavy atom. The number of anilines is 3. The van der Waals surface area contributed by atoms with Crippen LogP contribution in [0.15, 0.2) is 23.1 Å². The fraction of sp³-hybridized carbons (Fsp3) is 0.389. The third kappa shape index (κ3) is 3.68. The first kappa shape index (κ1) is 19.4. The van der Waals surface area contributed by atoms with E-state index in [0.717, 1.165) is 42.0 Å². The number of piperazine rings is 1. The molecule has 0 unspecified atom stereocenters. The fourth-order valence-electron chi connectivity index (χ4n) is 3.30. The summed E-state index contributed by atoms with van der Waals surface area (Å²) in [6.07, 6.45) is 3.23. The highest BCUT2D eigenvalue weighted by molar-refractivity contribution is 9.10. The van der Waals surface area contributed by atoms with Crippen LogP contribution in [0, 0.1) is 11.3 Å². The lowest BCUT2D eigenvalue weighted by Crippen LogP contribution is -2.45. The van der Waals surface area contributed by atoms with E-state index in [1.807, 2.05) is 29.8 Å². The Morgan fingerprint density at radius 3 is 2.76 bits per heavy atom. The average molecular weight is 457 g/mol. The molecule has 0 spiro atoms. The van der Waals surface area contributed by atoms with Gasteiger partial charge in [-0.2, -0.15) is 10.4 Å². The zero-order valence-corrected chi connectivity index (χ0v) is 17.8. The van der Waals surface area contributed by atoms with Gasteiger partial charge < -0.3 is 20.9 Å². The molecule has 0 bridgehead atoms. The van der Waals surface area contributed by atoms with Gasteiger partial charge in [0.1, 0.15) is 35.1 Å². The third-order valence-electron chi connectivity index (χ3n) is 4.99. The van der Waals surface area contributed by atoms with E-state index in [-0.39, 0.29) is 17.4 Å². The lowest BCUT2D eigenvalue weighted by Gasteiger charge is -2.33. The van der Waals surface area contributed by atoms with Crippen LogP contribution in [0.2, 0.25) is 0 Å². The Hall–Kier alpha value is -2.97. The standard InChI is InChI=1S/C18H21BrN10/c1-11(24-17-12(9-20)15(21)22-10-23-17)16-25-18(28-7-5-27(2)6-8-28)14-13(19)3-4-29(14)26-16/h3-4,10-11H,5-8H2,1-2H3,(H3,21,22,23,24)/t11-/m0/s1. The zero-order chi connectivity index (χ0) is 20.5. The van der Waals surface area contributed by atoms with Crippen LogP contribution in [-0.4, -0.2) is 62.7 Å². The van der Waals surface area contributed by atoms with Crippen molar-refractivity contribution >= 4 is 38.9 Å². The molecule has 0 radical (unpaired) electrons. The van der Waals surface area contributed by atoms with E-state index in [4.69, 9.17) is 10.7 Å². The molecule has 4 heterocycles. The van der Waals surface area contributed by atoms with Crippen molar-refractivity contribution in [2.45, 2.75) is 13.0 Å². The van der Waals surface area contributed by atoms with Crippen molar-refractivity contribution in [3.63, 3.8) is 0 Å². The van der Waals surface area contributed by atoms with E-state index in [1.165, 1.54) is 6.33 Å². The molecule has 11 heteroatoms. The molecule has 3 N–H and O–H groups in total. The highest BCUT2D eigenvalue weighted by Crippen LogP contribution is 2.30. The second-order valence-corrected chi connectivity index (χ2v) is 7.86. The normalized spacial score (nSPS) is 16.0. The summed E-state index contributed by atoms with van der Waals surface area (Å²) >= 11 is 3.62. The molecule has 1 aliphatic rings. The summed E-state index contributed by atoms with van der Waals surface area (Å²) in [6, 6.07) is 3.71. The molecule has 3 aromatic rings. The molecule has 1 saturated heterocycles. The van der Waals surface area contributed by atoms with Crippen LogP contribution in [0.25, 0.3) is 5.52 Å². The van der Waals surface area contributed by atoms with Gasteiger partial charge in [0.05, 0.1) is 6.04 Å². The topological polar surface area (TPSA) is 124 Å². The molecule has 1 atom stereocenters. The monoisotopic (exact) mass is 456 g/mol. The SMILES string of the molecule is C[C@H](Nc1ncnc(N)c1C#N)c1nc(N2CCN(C)CC2)c2c(Br)ccn2n1. The highest BCUT2D eigenvalue weighted by atomic mass is 79.9. The number of nitrogens with two attached hydrogens (primary N) is 1. The highest BCUT2D eigenvalue weighted by Gasteiger charge is 2.23. The number of nitrogens with one attached hydrogen (secondary N) is 1. The van der Waals surface area contributed by atoms with E-state index in [1.54, 1.807) is 0 Å². The summed E-state index contributed by atoms with van der Waals surface area (Å²) in [5.41, 5.74) is 6.94. The molecule has 10 nitrogen and oxygen atoms in total. The Labute approximate surface area is 176 Å². The number of nitrogen functional groups attached to an aromatic ring is 1. The predicted molar refractivity (Wildman–Crippen MR) is 114 cm³/mol. The van der Waals surface area contributed by atoms with Crippen LogP contribution in [0.1, 0.15) is 24.4 Å². The molecule has 1 aliphatic heterocycles. The Balaban J connectivity index is 1.71. The number of rotatable bonds is 4. The molecular weight excluding hydrogens is 436 g/mol. The number of likely N-dealkylation sites (N-methyl/N-ethyl adjacent to an activating group) is 1. The van der Waals surface area contributed by atoms with Gasteiger partial charge in [-0.1, -0.05) is 0 Å². The summed E-state index contributed by atoms with van der Waals surface area (Å²) < 4.78 is 2.78. The molecule has 0 amide bonds. The van der Waals surface area contributed by atoms with Crippen molar-refractivity contribution in [3.8, 4) is 6.07 Å². The van der Waals surface area contributed by atoms with Gasteiger partial charge in [-0.3, -0.25) is 0 Å². The van der Waals surface area contributed by atoms with Gasteiger partial charge in [0.25, 0.3) is 0 Å². The fourth-order valence-corrected chi connectivity index (χ4v) is 3.77. The average Bonchev–Trinajstić information content (AvgIpc) is 3.09. The van der Waals surface area contributed by atoms with Crippen LogP contribution in [0.4, 0.5) is 17.5 Å². The predicted octanol–water partition coefficient (Wildman–Crippen LogP) is 1.66. The van der Waals surface area contributed by atoms with Crippen molar-refractivity contribution < 1.29 is 0 Å². The quantitative estimate of drug-likeness (QED) is 0.602. The largest absolute Gasteiger partial charge is 0.382 e. The van der Waals surface area contributed by atoms with Gasteiger partial charge in [-0.25, -0.2) is 19.5 Å². The van der Waals surface area contributed by atoms with Crippen molar-refractivity contribution in [2.24, 2.45) is 0 Å². The van der Waals surface area contributed by atoms with Crippen LogP contribution in [0.3, 0.4) is 0 Å². The van der Waals surface area contributed by atoms with Crippen molar-refractivity contribution in [1.82, 2.24) is 29.5 Å². The van der Waals surface area contributed by atoms with E-state index in [9.17, 15) is 5.26 Å². The molecule has 150 valence electrons. The van der Waals surface area contributed by atoms with Crippen LogP contribution >= 0.6 is 15.9 Å². The molecule has 4 rings (SSSR count). The van der Waals surface area contributed by atoms with Gasteiger partial charge >= 0.3 is 0 Å².